The lowest BCUT2D eigenvalue weighted by Gasteiger charge is -2.04. The van der Waals surface area contributed by atoms with E-state index in [9.17, 15) is 4.79 Å². The molecule has 0 saturated heterocycles. The maximum absolute atomic E-state index is 11.5. The number of fused-ring (bicyclic) bond motifs is 1. The minimum absolute atomic E-state index is 0.0416. The average Bonchev–Trinajstić information content (AvgIpc) is 2.64. The fraction of sp³-hybridized carbons (Fsp3) is 0.250. The Balaban J connectivity index is 2.32. The zero-order chi connectivity index (χ0) is 11.5. The molecule has 0 fully saturated rings. The summed E-state index contributed by atoms with van der Waals surface area (Å²) in [5.41, 5.74) is 0.969. The lowest BCUT2D eigenvalue weighted by Crippen LogP contribution is -2.14. The van der Waals surface area contributed by atoms with Gasteiger partial charge < -0.3 is 9.30 Å². The van der Waals surface area contributed by atoms with Gasteiger partial charge in [-0.25, -0.2) is 0 Å². The van der Waals surface area contributed by atoms with Crippen molar-refractivity contribution in [3.05, 3.63) is 35.5 Å². The number of halogens is 1. The molecule has 2 aromatic rings. The molecule has 1 aromatic carbocycles. The summed E-state index contributed by atoms with van der Waals surface area (Å²) < 4.78 is 6.68. The smallest absolute Gasteiger partial charge is 0.178 e. The first-order chi connectivity index (χ1) is 7.72. The molecule has 2 rings (SSSR count). The van der Waals surface area contributed by atoms with Gasteiger partial charge in [0.05, 0.1) is 6.54 Å². The van der Waals surface area contributed by atoms with Gasteiger partial charge in [0.25, 0.3) is 0 Å². The van der Waals surface area contributed by atoms with E-state index >= 15 is 0 Å². The monoisotopic (exact) mass is 237 g/mol. The van der Waals surface area contributed by atoms with Crippen molar-refractivity contribution in [1.29, 1.82) is 0 Å². The van der Waals surface area contributed by atoms with Crippen molar-refractivity contribution in [2.75, 3.05) is 13.7 Å². The van der Waals surface area contributed by atoms with E-state index in [-0.39, 0.29) is 12.4 Å². The van der Waals surface area contributed by atoms with Crippen molar-refractivity contribution in [2.24, 2.45) is 0 Å². The maximum atomic E-state index is 11.5. The quantitative estimate of drug-likeness (QED) is 0.818. The molecule has 0 spiro atoms. The number of ether oxygens (including phenoxy) is 1. The highest BCUT2D eigenvalue weighted by Gasteiger charge is 2.07. The number of carbonyl (C=O) groups is 1. The predicted molar refractivity (Wildman–Crippen MR) is 63.8 cm³/mol. The van der Waals surface area contributed by atoms with Crippen LogP contribution in [-0.2, 0) is 16.1 Å². The van der Waals surface area contributed by atoms with Gasteiger partial charge in [-0.15, -0.1) is 0 Å². The van der Waals surface area contributed by atoms with E-state index in [4.69, 9.17) is 16.3 Å². The summed E-state index contributed by atoms with van der Waals surface area (Å²) in [5, 5.41) is 1.67. The number of nitrogens with zero attached hydrogens (tertiary/aromatic N) is 1. The standard InChI is InChI=1S/C12H12ClNO2/c1-16-8-9(15)7-14-6-5-10-11(13)3-2-4-12(10)14/h2-6H,7-8H2,1H3. The van der Waals surface area contributed by atoms with Crippen molar-refractivity contribution in [3.8, 4) is 0 Å². The fourth-order valence-electron chi connectivity index (χ4n) is 1.72. The number of Topliss-reactive ketones (excluding diaryl/α,β-unsaturated/α-hetero) is 1. The Morgan fingerprint density at radius 1 is 1.44 bits per heavy atom. The highest BCUT2D eigenvalue weighted by molar-refractivity contribution is 6.35. The van der Waals surface area contributed by atoms with E-state index in [0.29, 0.717) is 11.6 Å². The topological polar surface area (TPSA) is 31.2 Å². The number of carbonyl (C=O) groups excluding carboxylic acids is 1. The summed E-state index contributed by atoms with van der Waals surface area (Å²) >= 11 is 6.05. The zero-order valence-electron chi connectivity index (χ0n) is 8.94. The summed E-state index contributed by atoms with van der Waals surface area (Å²) in [7, 11) is 1.52. The van der Waals surface area contributed by atoms with Crippen molar-refractivity contribution in [1.82, 2.24) is 4.57 Å². The molecule has 4 heteroatoms. The maximum Gasteiger partial charge on any atom is 0.178 e. The van der Waals surface area contributed by atoms with Gasteiger partial charge in [-0.2, -0.15) is 0 Å². The summed E-state index contributed by atoms with van der Waals surface area (Å²) in [6, 6.07) is 7.58. The van der Waals surface area contributed by atoms with Crippen molar-refractivity contribution in [3.63, 3.8) is 0 Å². The van der Waals surface area contributed by atoms with E-state index in [1.54, 1.807) is 0 Å². The van der Waals surface area contributed by atoms with E-state index in [0.717, 1.165) is 10.9 Å². The van der Waals surface area contributed by atoms with Gasteiger partial charge in [0.1, 0.15) is 6.61 Å². The molecule has 3 nitrogen and oxygen atoms in total. The van der Waals surface area contributed by atoms with E-state index in [2.05, 4.69) is 0 Å². The number of ketones is 1. The summed E-state index contributed by atoms with van der Waals surface area (Å²) in [4.78, 5) is 11.5. The molecular formula is C12H12ClNO2. The third-order valence-corrected chi connectivity index (χ3v) is 2.74. The van der Waals surface area contributed by atoms with Crippen LogP contribution in [0.1, 0.15) is 0 Å². The number of rotatable bonds is 4. The van der Waals surface area contributed by atoms with Gasteiger partial charge in [-0.05, 0) is 18.2 Å². The molecule has 84 valence electrons. The minimum atomic E-state index is 0.0416. The van der Waals surface area contributed by atoms with Gasteiger partial charge in [0.2, 0.25) is 0 Å². The van der Waals surface area contributed by atoms with Crippen LogP contribution in [0.25, 0.3) is 10.9 Å². The third kappa shape index (κ3) is 2.10. The van der Waals surface area contributed by atoms with Crippen LogP contribution in [0.4, 0.5) is 0 Å². The molecule has 0 N–H and O–H groups in total. The molecule has 0 saturated carbocycles. The first-order valence-electron chi connectivity index (χ1n) is 4.96. The van der Waals surface area contributed by atoms with E-state index in [1.165, 1.54) is 7.11 Å². The fourth-order valence-corrected chi connectivity index (χ4v) is 1.95. The average molecular weight is 238 g/mol. The van der Waals surface area contributed by atoms with Crippen LogP contribution in [0.2, 0.25) is 5.02 Å². The Labute approximate surface area is 98.6 Å². The van der Waals surface area contributed by atoms with Crippen LogP contribution < -0.4 is 0 Å². The zero-order valence-corrected chi connectivity index (χ0v) is 9.70. The lowest BCUT2D eigenvalue weighted by molar-refractivity contribution is -0.123. The number of aromatic nitrogens is 1. The molecule has 0 aliphatic carbocycles. The van der Waals surface area contributed by atoms with Gasteiger partial charge in [0, 0.05) is 29.2 Å². The van der Waals surface area contributed by atoms with Gasteiger partial charge in [-0.3, -0.25) is 4.79 Å². The van der Waals surface area contributed by atoms with E-state index < -0.39 is 0 Å². The molecule has 0 amide bonds. The molecule has 1 heterocycles. The van der Waals surface area contributed by atoms with Crippen LogP contribution in [0.5, 0.6) is 0 Å². The molecule has 0 atom stereocenters. The molecule has 0 radical (unpaired) electrons. The van der Waals surface area contributed by atoms with Crippen molar-refractivity contribution in [2.45, 2.75) is 6.54 Å². The molecule has 0 aliphatic heterocycles. The van der Waals surface area contributed by atoms with Gasteiger partial charge in [-0.1, -0.05) is 17.7 Å². The van der Waals surface area contributed by atoms with Crippen LogP contribution >= 0.6 is 11.6 Å². The highest BCUT2D eigenvalue weighted by Crippen LogP contribution is 2.24. The van der Waals surface area contributed by atoms with E-state index in [1.807, 2.05) is 35.0 Å². The molecule has 1 aromatic heterocycles. The summed E-state index contributed by atoms with van der Waals surface area (Å²) in [6.07, 6.45) is 1.87. The van der Waals surface area contributed by atoms with Crippen LogP contribution in [0.3, 0.4) is 0 Å². The number of hydrogen-bond donors (Lipinski definition) is 0. The first kappa shape index (κ1) is 11.2. The molecular weight excluding hydrogens is 226 g/mol. The molecule has 0 bridgehead atoms. The molecule has 0 unspecified atom stereocenters. The van der Waals surface area contributed by atoms with Crippen LogP contribution in [0.15, 0.2) is 30.5 Å². The van der Waals surface area contributed by atoms with Crippen LogP contribution in [-0.4, -0.2) is 24.1 Å². The van der Waals surface area contributed by atoms with Crippen LogP contribution in [0, 0.1) is 0 Å². The summed E-state index contributed by atoms with van der Waals surface area (Å²) in [5.74, 6) is 0.0416. The predicted octanol–water partition coefficient (Wildman–Crippen LogP) is 2.51. The number of methoxy groups -OCH3 is 1. The molecule has 0 aliphatic rings. The lowest BCUT2D eigenvalue weighted by atomic mass is 10.2. The normalized spacial score (nSPS) is 10.9. The second kappa shape index (κ2) is 4.68. The number of hydrogen-bond acceptors (Lipinski definition) is 2. The Bertz CT molecular complexity index is 519. The second-order valence-corrected chi connectivity index (χ2v) is 4.00. The third-order valence-electron chi connectivity index (χ3n) is 2.41. The van der Waals surface area contributed by atoms with Gasteiger partial charge in [0.15, 0.2) is 5.78 Å². The Morgan fingerprint density at radius 3 is 3.00 bits per heavy atom. The van der Waals surface area contributed by atoms with Gasteiger partial charge >= 0.3 is 0 Å². The second-order valence-electron chi connectivity index (χ2n) is 3.59. The largest absolute Gasteiger partial charge is 0.377 e. The minimum Gasteiger partial charge on any atom is -0.377 e. The molecule has 16 heavy (non-hydrogen) atoms. The Kier molecular flexibility index (Phi) is 3.27. The summed E-state index contributed by atoms with van der Waals surface area (Å²) in [6.45, 7) is 0.456. The Hall–Kier alpha value is -1.32. The first-order valence-corrected chi connectivity index (χ1v) is 5.34. The van der Waals surface area contributed by atoms with Crippen molar-refractivity contribution >= 4 is 28.3 Å². The Morgan fingerprint density at radius 2 is 2.25 bits per heavy atom. The number of benzene rings is 1. The highest BCUT2D eigenvalue weighted by atomic mass is 35.5. The SMILES string of the molecule is COCC(=O)Cn1ccc2c(Cl)cccc21. The van der Waals surface area contributed by atoms with Crippen molar-refractivity contribution < 1.29 is 9.53 Å².